The third-order valence-corrected chi connectivity index (χ3v) is 4.69. The van der Waals surface area contributed by atoms with Crippen molar-refractivity contribution in [3.05, 3.63) is 35.4 Å². The molecule has 1 aliphatic rings. The highest BCUT2D eigenvalue weighted by molar-refractivity contribution is 5.25. The van der Waals surface area contributed by atoms with Crippen molar-refractivity contribution < 1.29 is 5.11 Å². The number of aryl methyl sites for hydroxylation is 1. The summed E-state index contributed by atoms with van der Waals surface area (Å²) in [5.74, 6) is 0. The lowest BCUT2D eigenvalue weighted by Crippen LogP contribution is -2.39. The van der Waals surface area contributed by atoms with E-state index in [4.69, 9.17) is 0 Å². The van der Waals surface area contributed by atoms with E-state index in [-0.39, 0.29) is 6.04 Å². The minimum absolute atomic E-state index is 0.116. The minimum atomic E-state index is -0.413. The van der Waals surface area contributed by atoms with E-state index in [9.17, 15) is 5.11 Å². The van der Waals surface area contributed by atoms with Gasteiger partial charge in [0.2, 0.25) is 0 Å². The monoisotopic (exact) mass is 289 g/mol. The summed E-state index contributed by atoms with van der Waals surface area (Å²) in [6.07, 6.45) is 9.77. The number of nitrogens with one attached hydrogen (secondary N) is 1. The molecule has 1 fully saturated rings. The average molecular weight is 289 g/mol. The maximum atomic E-state index is 10.5. The summed E-state index contributed by atoms with van der Waals surface area (Å²) >= 11 is 0. The molecule has 1 aromatic rings. The smallest absolute Gasteiger partial charge is 0.0940 e. The molecule has 21 heavy (non-hydrogen) atoms. The minimum Gasteiger partial charge on any atom is -0.387 e. The van der Waals surface area contributed by atoms with Crippen LogP contribution in [0.1, 0.15) is 76.0 Å². The normalized spacial score (nSPS) is 20.0. The second kappa shape index (κ2) is 8.55. The zero-order valence-corrected chi connectivity index (χ0v) is 13.6. The third kappa shape index (κ3) is 5.12. The van der Waals surface area contributed by atoms with E-state index in [0.29, 0.717) is 6.04 Å². The third-order valence-electron chi connectivity index (χ3n) is 4.69. The number of hydrogen-bond donors (Lipinski definition) is 2. The molecule has 0 bridgehead atoms. The molecule has 0 saturated heterocycles. The van der Waals surface area contributed by atoms with Crippen LogP contribution in [0.15, 0.2) is 24.3 Å². The van der Waals surface area contributed by atoms with Gasteiger partial charge in [-0.25, -0.2) is 0 Å². The van der Waals surface area contributed by atoms with Crippen LogP contribution in [0.25, 0.3) is 0 Å². The number of benzene rings is 1. The zero-order valence-electron chi connectivity index (χ0n) is 13.6. The summed E-state index contributed by atoms with van der Waals surface area (Å²) in [7, 11) is 0. The molecule has 0 amide bonds. The van der Waals surface area contributed by atoms with Crippen molar-refractivity contribution in [2.24, 2.45) is 0 Å². The van der Waals surface area contributed by atoms with E-state index in [1.165, 1.54) is 50.5 Å². The van der Waals surface area contributed by atoms with Gasteiger partial charge in [-0.2, -0.15) is 0 Å². The average Bonchev–Trinajstić information content (AvgIpc) is 2.76. The van der Waals surface area contributed by atoms with Crippen LogP contribution in [-0.2, 0) is 6.42 Å². The van der Waals surface area contributed by atoms with Crippen LogP contribution in [-0.4, -0.2) is 17.2 Å². The molecule has 2 heteroatoms. The molecule has 1 saturated carbocycles. The van der Waals surface area contributed by atoms with E-state index in [1.54, 1.807) is 0 Å². The lowest BCUT2D eigenvalue weighted by molar-refractivity contribution is 0.127. The van der Waals surface area contributed by atoms with Gasteiger partial charge in [-0.1, -0.05) is 63.3 Å². The van der Waals surface area contributed by atoms with Gasteiger partial charge in [0.05, 0.1) is 6.10 Å². The molecular formula is C19H31NO. The first-order valence-electron chi connectivity index (χ1n) is 8.73. The van der Waals surface area contributed by atoms with Crippen molar-refractivity contribution in [2.75, 3.05) is 0 Å². The molecule has 0 radical (unpaired) electrons. The standard InChI is InChI=1S/C19H31NO/c1-3-8-16-11-13-17(14-12-16)19(21)15(2)20-18-9-6-4-5-7-10-18/h11-15,18-21H,3-10H2,1-2H3. The highest BCUT2D eigenvalue weighted by atomic mass is 16.3. The second-order valence-electron chi connectivity index (χ2n) is 6.58. The van der Waals surface area contributed by atoms with E-state index in [2.05, 4.69) is 43.4 Å². The van der Waals surface area contributed by atoms with Crippen LogP contribution in [0.5, 0.6) is 0 Å². The molecule has 2 atom stereocenters. The summed E-state index contributed by atoms with van der Waals surface area (Å²) in [5, 5.41) is 14.2. The Morgan fingerprint density at radius 3 is 2.29 bits per heavy atom. The highest BCUT2D eigenvalue weighted by Crippen LogP contribution is 2.22. The van der Waals surface area contributed by atoms with Crippen LogP contribution in [0.3, 0.4) is 0 Å². The van der Waals surface area contributed by atoms with Crippen molar-refractivity contribution in [1.82, 2.24) is 5.32 Å². The Bertz CT molecular complexity index is 393. The Kier molecular flexibility index (Phi) is 6.72. The molecule has 2 N–H and O–H groups in total. The SMILES string of the molecule is CCCc1ccc(C(O)C(C)NC2CCCCCC2)cc1. The second-order valence-corrected chi connectivity index (χ2v) is 6.58. The molecule has 2 unspecified atom stereocenters. The molecule has 118 valence electrons. The first-order valence-corrected chi connectivity index (χ1v) is 8.73. The van der Waals surface area contributed by atoms with Crippen LogP contribution in [0.2, 0.25) is 0 Å². The Labute approximate surface area is 130 Å². The topological polar surface area (TPSA) is 32.3 Å². The summed E-state index contributed by atoms with van der Waals surface area (Å²) in [5.41, 5.74) is 2.39. The number of aliphatic hydroxyl groups is 1. The fourth-order valence-corrected chi connectivity index (χ4v) is 3.37. The van der Waals surface area contributed by atoms with Crippen molar-refractivity contribution in [3.8, 4) is 0 Å². The highest BCUT2D eigenvalue weighted by Gasteiger charge is 2.20. The summed E-state index contributed by atoms with van der Waals surface area (Å²) in [6.45, 7) is 4.30. The molecule has 0 heterocycles. The van der Waals surface area contributed by atoms with Crippen molar-refractivity contribution in [2.45, 2.75) is 83.4 Å². The van der Waals surface area contributed by atoms with Gasteiger partial charge in [0.1, 0.15) is 0 Å². The molecule has 0 aliphatic heterocycles. The van der Waals surface area contributed by atoms with E-state index >= 15 is 0 Å². The van der Waals surface area contributed by atoms with Crippen molar-refractivity contribution in [3.63, 3.8) is 0 Å². The number of rotatable bonds is 6. The lowest BCUT2D eigenvalue weighted by atomic mass is 9.99. The maximum absolute atomic E-state index is 10.5. The van der Waals surface area contributed by atoms with Crippen LogP contribution >= 0.6 is 0 Å². The molecule has 0 spiro atoms. The predicted octanol–water partition coefficient (Wildman–Crippen LogP) is 4.37. The van der Waals surface area contributed by atoms with Gasteiger partial charge in [-0.05, 0) is 37.3 Å². The van der Waals surface area contributed by atoms with Gasteiger partial charge >= 0.3 is 0 Å². The van der Waals surface area contributed by atoms with E-state index in [0.717, 1.165) is 12.0 Å². The Morgan fingerprint density at radius 1 is 1.10 bits per heavy atom. The van der Waals surface area contributed by atoms with Gasteiger partial charge in [-0.3, -0.25) is 0 Å². The van der Waals surface area contributed by atoms with Crippen molar-refractivity contribution >= 4 is 0 Å². The molecule has 2 nitrogen and oxygen atoms in total. The van der Waals surface area contributed by atoms with Crippen LogP contribution < -0.4 is 5.32 Å². The fourth-order valence-electron chi connectivity index (χ4n) is 3.37. The lowest BCUT2D eigenvalue weighted by Gasteiger charge is -2.26. The van der Waals surface area contributed by atoms with Gasteiger partial charge < -0.3 is 10.4 Å². The number of aliphatic hydroxyl groups excluding tert-OH is 1. The van der Waals surface area contributed by atoms with E-state index in [1.807, 2.05) is 0 Å². The maximum Gasteiger partial charge on any atom is 0.0940 e. The summed E-state index contributed by atoms with van der Waals surface area (Å²) in [4.78, 5) is 0. The zero-order chi connectivity index (χ0) is 15.1. The van der Waals surface area contributed by atoms with Gasteiger partial charge in [0, 0.05) is 12.1 Å². The van der Waals surface area contributed by atoms with E-state index < -0.39 is 6.10 Å². The molecule has 1 aliphatic carbocycles. The molecule has 2 rings (SSSR count). The van der Waals surface area contributed by atoms with Crippen LogP contribution in [0, 0.1) is 0 Å². The molecule has 1 aromatic carbocycles. The summed E-state index contributed by atoms with van der Waals surface area (Å²) in [6, 6.07) is 9.17. The molecular weight excluding hydrogens is 258 g/mol. The van der Waals surface area contributed by atoms with Gasteiger partial charge in [-0.15, -0.1) is 0 Å². The predicted molar refractivity (Wildman–Crippen MR) is 89.5 cm³/mol. The Hall–Kier alpha value is -0.860. The Balaban J connectivity index is 1.89. The van der Waals surface area contributed by atoms with Crippen LogP contribution in [0.4, 0.5) is 0 Å². The first-order chi connectivity index (χ1) is 10.2. The van der Waals surface area contributed by atoms with Crippen molar-refractivity contribution in [1.29, 1.82) is 0 Å². The number of hydrogen-bond acceptors (Lipinski definition) is 2. The first kappa shape index (κ1) is 16.5. The Morgan fingerprint density at radius 2 is 1.71 bits per heavy atom. The quantitative estimate of drug-likeness (QED) is 0.762. The van der Waals surface area contributed by atoms with Gasteiger partial charge in [0.15, 0.2) is 0 Å². The fraction of sp³-hybridized carbons (Fsp3) is 0.684. The van der Waals surface area contributed by atoms with Gasteiger partial charge in [0.25, 0.3) is 0 Å². The largest absolute Gasteiger partial charge is 0.387 e. The summed E-state index contributed by atoms with van der Waals surface area (Å²) < 4.78 is 0. The molecule has 0 aromatic heterocycles.